The number of carboxylic acids is 1. The Morgan fingerprint density at radius 1 is 1.20 bits per heavy atom. The van der Waals surface area contributed by atoms with Crippen molar-refractivity contribution in [2.24, 2.45) is 11.8 Å². The second-order valence-electron chi connectivity index (χ2n) is 5.39. The fourth-order valence-electron chi connectivity index (χ4n) is 2.85. The topological polar surface area (TPSA) is 66.4 Å². The predicted molar refractivity (Wildman–Crippen MR) is 76.1 cm³/mol. The second kappa shape index (κ2) is 6.55. The second-order valence-corrected chi connectivity index (χ2v) is 5.39. The Bertz CT molecular complexity index is 498. The van der Waals surface area contributed by atoms with Crippen LogP contribution in [0.4, 0.5) is 0 Å². The number of rotatable bonds is 5. The van der Waals surface area contributed by atoms with Gasteiger partial charge in [-0.3, -0.25) is 9.59 Å². The summed E-state index contributed by atoms with van der Waals surface area (Å²) in [6, 6.07) is 8.06. The molecule has 4 heteroatoms. The molecule has 1 amide bonds. The van der Waals surface area contributed by atoms with E-state index in [0.717, 1.165) is 12.0 Å². The standard InChI is InChI=1S/C16H21NO3/c1-2-11-5-3-4-6-14(11)10-17-15(18)12-7-8-13(9-12)16(19)20/h3-6,12-13H,2,7-10H2,1H3,(H,17,18)(H,19,20)/t12-,13+/m1/s1. The van der Waals surface area contributed by atoms with Crippen molar-refractivity contribution in [2.45, 2.75) is 39.2 Å². The Morgan fingerprint density at radius 3 is 2.45 bits per heavy atom. The Morgan fingerprint density at radius 2 is 1.85 bits per heavy atom. The molecular formula is C16H21NO3. The Labute approximate surface area is 119 Å². The van der Waals surface area contributed by atoms with Gasteiger partial charge in [-0.1, -0.05) is 31.2 Å². The summed E-state index contributed by atoms with van der Waals surface area (Å²) in [6.07, 6.45) is 2.70. The van der Waals surface area contributed by atoms with E-state index in [0.29, 0.717) is 25.8 Å². The van der Waals surface area contributed by atoms with Crippen molar-refractivity contribution in [1.82, 2.24) is 5.32 Å². The molecule has 0 unspecified atom stereocenters. The molecule has 0 aliphatic heterocycles. The Hall–Kier alpha value is -1.84. The van der Waals surface area contributed by atoms with Crippen LogP contribution in [0.2, 0.25) is 0 Å². The van der Waals surface area contributed by atoms with E-state index >= 15 is 0 Å². The Balaban J connectivity index is 1.88. The third kappa shape index (κ3) is 3.38. The molecule has 1 aromatic rings. The molecule has 108 valence electrons. The van der Waals surface area contributed by atoms with Crippen molar-refractivity contribution in [3.8, 4) is 0 Å². The molecule has 2 rings (SSSR count). The van der Waals surface area contributed by atoms with Gasteiger partial charge in [-0.2, -0.15) is 0 Å². The van der Waals surface area contributed by atoms with Gasteiger partial charge in [-0.05, 0) is 36.8 Å². The first kappa shape index (κ1) is 14.6. The third-order valence-corrected chi connectivity index (χ3v) is 4.11. The number of nitrogens with one attached hydrogen (secondary N) is 1. The molecule has 0 saturated heterocycles. The van der Waals surface area contributed by atoms with Gasteiger partial charge in [0.15, 0.2) is 0 Å². The summed E-state index contributed by atoms with van der Waals surface area (Å²) >= 11 is 0. The molecule has 1 aliphatic carbocycles. The van der Waals surface area contributed by atoms with Crippen molar-refractivity contribution in [2.75, 3.05) is 0 Å². The number of hydrogen-bond donors (Lipinski definition) is 2. The van der Waals surface area contributed by atoms with Crippen molar-refractivity contribution in [1.29, 1.82) is 0 Å². The average Bonchev–Trinajstić information content (AvgIpc) is 2.95. The van der Waals surface area contributed by atoms with E-state index in [1.54, 1.807) is 0 Å². The summed E-state index contributed by atoms with van der Waals surface area (Å²) in [6.45, 7) is 2.62. The van der Waals surface area contributed by atoms with Gasteiger partial charge >= 0.3 is 5.97 Å². The number of aliphatic carboxylic acids is 1. The third-order valence-electron chi connectivity index (χ3n) is 4.11. The highest BCUT2D eigenvalue weighted by atomic mass is 16.4. The average molecular weight is 275 g/mol. The largest absolute Gasteiger partial charge is 0.481 e. The molecule has 1 fully saturated rings. The molecule has 0 radical (unpaired) electrons. The van der Waals surface area contributed by atoms with Crippen molar-refractivity contribution < 1.29 is 14.7 Å². The zero-order valence-corrected chi connectivity index (χ0v) is 11.8. The monoisotopic (exact) mass is 275 g/mol. The number of carbonyl (C=O) groups excluding carboxylic acids is 1. The molecule has 4 nitrogen and oxygen atoms in total. The molecule has 1 saturated carbocycles. The highest BCUT2D eigenvalue weighted by Gasteiger charge is 2.33. The van der Waals surface area contributed by atoms with Crippen LogP contribution < -0.4 is 5.32 Å². The number of aryl methyl sites for hydroxylation is 1. The van der Waals surface area contributed by atoms with Crippen LogP contribution in [0.1, 0.15) is 37.3 Å². The molecular weight excluding hydrogens is 254 g/mol. The lowest BCUT2D eigenvalue weighted by molar-refractivity contribution is -0.141. The van der Waals surface area contributed by atoms with Crippen LogP contribution in [0.5, 0.6) is 0 Å². The normalized spacial score (nSPS) is 21.6. The molecule has 2 N–H and O–H groups in total. The molecule has 20 heavy (non-hydrogen) atoms. The van der Waals surface area contributed by atoms with E-state index in [1.165, 1.54) is 5.56 Å². The number of carboxylic acid groups (broad SMARTS) is 1. The summed E-state index contributed by atoms with van der Waals surface area (Å²) < 4.78 is 0. The number of hydrogen-bond acceptors (Lipinski definition) is 2. The Kier molecular flexibility index (Phi) is 4.77. The number of amides is 1. The van der Waals surface area contributed by atoms with Crippen LogP contribution in [-0.4, -0.2) is 17.0 Å². The summed E-state index contributed by atoms with van der Waals surface area (Å²) in [5.41, 5.74) is 2.37. The molecule has 1 aromatic carbocycles. The van der Waals surface area contributed by atoms with E-state index in [1.807, 2.05) is 18.2 Å². The highest BCUT2D eigenvalue weighted by molar-refractivity contribution is 5.80. The van der Waals surface area contributed by atoms with Gasteiger partial charge in [0.2, 0.25) is 5.91 Å². The molecule has 1 aliphatic rings. The first-order valence-electron chi connectivity index (χ1n) is 7.19. The fourth-order valence-corrected chi connectivity index (χ4v) is 2.85. The minimum Gasteiger partial charge on any atom is -0.481 e. The van der Waals surface area contributed by atoms with E-state index in [9.17, 15) is 9.59 Å². The predicted octanol–water partition coefficient (Wildman–Crippen LogP) is 2.37. The molecule has 0 heterocycles. The lowest BCUT2D eigenvalue weighted by atomic mass is 10.0. The first-order valence-corrected chi connectivity index (χ1v) is 7.19. The highest BCUT2D eigenvalue weighted by Crippen LogP contribution is 2.31. The van der Waals surface area contributed by atoms with E-state index < -0.39 is 5.97 Å². The summed E-state index contributed by atoms with van der Waals surface area (Å²) in [7, 11) is 0. The summed E-state index contributed by atoms with van der Waals surface area (Å²) in [5, 5.41) is 11.9. The zero-order valence-electron chi connectivity index (χ0n) is 11.8. The van der Waals surface area contributed by atoms with Crippen molar-refractivity contribution in [3.63, 3.8) is 0 Å². The van der Waals surface area contributed by atoms with Gasteiger partial charge in [0.05, 0.1) is 5.92 Å². The van der Waals surface area contributed by atoms with Crippen LogP contribution in [0.15, 0.2) is 24.3 Å². The SMILES string of the molecule is CCc1ccccc1CNC(=O)[C@@H]1CC[C@H](C(=O)O)C1. The first-order chi connectivity index (χ1) is 9.61. The maximum atomic E-state index is 12.1. The quantitative estimate of drug-likeness (QED) is 0.867. The van der Waals surface area contributed by atoms with Crippen LogP contribution in [0.25, 0.3) is 0 Å². The lowest BCUT2D eigenvalue weighted by Crippen LogP contribution is -2.29. The molecule has 0 bridgehead atoms. The summed E-state index contributed by atoms with van der Waals surface area (Å²) in [4.78, 5) is 23.0. The number of carbonyl (C=O) groups is 2. The fraction of sp³-hybridized carbons (Fsp3) is 0.500. The molecule has 0 spiro atoms. The smallest absolute Gasteiger partial charge is 0.306 e. The van der Waals surface area contributed by atoms with Crippen molar-refractivity contribution >= 4 is 11.9 Å². The maximum Gasteiger partial charge on any atom is 0.306 e. The van der Waals surface area contributed by atoms with Crippen LogP contribution in [0.3, 0.4) is 0 Å². The molecule has 2 atom stereocenters. The van der Waals surface area contributed by atoms with E-state index in [4.69, 9.17) is 5.11 Å². The minimum absolute atomic E-state index is 0.0142. The van der Waals surface area contributed by atoms with Crippen molar-refractivity contribution in [3.05, 3.63) is 35.4 Å². The van der Waals surface area contributed by atoms with Gasteiger partial charge in [-0.25, -0.2) is 0 Å². The van der Waals surface area contributed by atoms with E-state index in [2.05, 4.69) is 18.3 Å². The van der Waals surface area contributed by atoms with Crippen LogP contribution in [0, 0.1) is 11.8 Å². The maximum absolute atomic E-state index is 12.1. The zero-order chi connectivity index (χ0) is 14.5. The van der Waals surface area contributed by atoms with Crippen LogP contribution in [-0.2, 0) is 22.6 Å². The van der Waals surface area contributed by atoms with Gasteiger partial charge < -0.3 is 10.4 Å². The van der Waals surface area contributed by atoms with Gasteiger partial charge in [0.25, 0.3) is 0 Å². The summed E-state index contributed by atoms with van der Waals surface area (Å²) in [5.74, 6) is -1.30. The van der Waals surface area contributed by atoms with Gasteiger partial charge in [0.1, 0.15) is 0 Å². The minimum atomic E-state index is -0.781. The van der Waals surface area contributed by atoms with Gasteiger partial charge in [-0.15, -0.1) is 0 Å². The lowest BCUT2D eigenvalue weighted by Gasteiger charge is -2.12. The number of benzene rings is 1. The van der Waals surface area contributed by atoms with Crippen LogP contribution >= 0.6 is 0 Å². The van der Waals surface area contributed by atoms with E-state index in [-0.39, 0.29) is 17.7 Å². The molecule has 0 aromatic heterocycles. The van der Waals surface area contributed by atoms with Gasteiger partial charge in [0, 0.05) is 12.5 Å².